The summed E-state index contributed by atoms with van der Waals surface area (Å²) in [6.45, 7) is 7.04. The molecule has 2 atom stereocenters. The monoisotopic (exact) mass is 199 g/mol. The van der Waals surface area contributed by atoms with Crippen molar-refractivity contribution in [3.8, 4) is 6.07 Å². The third kappa shape index (κ3) is 3.47. The lowest BCUT2D eigenvalue weighted by atomic mass is 10.1. The molecule has 0 spiro atoms. The highest BCUT2D eigenvalue weighted by molar-refractivity contribution is 6.69. The van der Waals surface area contributed by atoms with Crippen LogP contribution in [0.2, 0.25) is 19.6 Å². The molecule has 1 rings (SSSR count). The van der Waals surface area contributed by atoms with Crippen LogP contribution in [0.25, 0.3) is 0 Å². The fourth-order valence-corrected chi connectivity index (χ4v) is 2.37. The van der Waals surface area contributed by atoms with Gasteiger partial charge in [-0.05, 0) is 32.5 Å². The fourth-order valence-electron chi connectivity index (χ4n) is 1.41. The maximum absolute atomic E-state index is 8.92. The van der Waals surface area contributed by atoms with Gasteiger partial charge < -0.3 is 9.16 Å². The van der Waals surface area contributed by atoms with E-state index in [2.05, 4.69) is 25.7 Å². The van der Waals surface area contributed by atoms with Crippen LogP contribution in [0.1, 0.15) is 12.8 Å². The Labute approximate surface area is 80.8 Å². The Bertz CT molecular complexity index is 201. The molecule has 13 heavy (non-hydrogen) atoms. The van der Waals surface area contributed by atoms with Crippen LogP contribution in [-0.2, 0) is 9.16 Å². The van der Waals surface area contributed by atoms with Crippen LogP contribution < -0.4 is 0 Å². The molecule has 1 aliphatic heterocycles. The number of nitriles is 1. The quantitative estimate of drug-likeness (QED) is 0.652. The van der Waals surface area contributed by atoms with E-state index in [4.69, 9.17) is 14.4 Å². The van der Waals surface area contributed by atoms with Gasteiger partial charge in [-0.25, -0.2) is 0 Å². The van der Waals surface area contributed by atoms with Crippen LogP contribution >= 0.6 is 0 Å². The molecule has 1 fully saturated rings. The van der Waals surface area contributed by atoms with E-state index in [1.807, 2.05) is 0 Å². The van der Waals surface area contributed by atoms with Crippen LogP contribution in [0.4, 0.5) is 0 Å². The topological polar surface area (TPSA) is 42.2 Å². The maximum Gasteiger partial charge on any atom is 0.185 e. The molecule has 1 aliphatic rings. The molecule has 3 nitrogen and oxygen atoms in total. The molecule has 0 N–H and O–H groups in total. The van der Waals surface area contributed by atoms with E-state index in [0.29, 0.717) is 0 Å². The molecule has 1 heterocycles. The highest BCUT2D eigenvalue weighted by Gasteiger charge is 2.30. The Kier molecular flexibility index (Phi) is 3.48. The second kappa shape index (κ2) is 4.23. The van der Waals surface area contributed by atoms with E-state index in [-0.39, 0.29) is 12.2 Å². The van der Waals surface area contributed by atoms with Gasteiger partial charge in [0.25, 0.3) is 0 Å². The number of hydrogen-bond donors (Lipinski definition) is 0. The lowest BCUT2D eigenvalue weighted by Gasteiger charge is -2.25. The first kappa shape index (κ1) is 10.7. The first-order chi connectivity index (χ1) is 6.03. The zero-order chi connectivity index (χ0) is 9.90. The van der Waals surface area contributed by atoms with E-state index in [9.17, 15) is 0 Å². The van der Waals surface area contributed by atoms with Gasteiger partial charge in [-0.2, -0.15) is 5.26 Å². The Morgan fingerprint density at radius 2 is 2.23 bits per heavy atom. The predicted octanol–water partition coefficient (Wildman–Crippen LogP) is 1.91. The molecule has 74 valence electrons. The summed E-state index contributed by atoms with van der Waals surface area (Å²) in [7, 11) is -1.61. The third-order valence-electron chi connectivity index (χ3n) is 1.91. The zero-order valence-electron chi connectivity index (χ0n) is 8.54. The van der Waals surface area contributed by atoms with Crippen LogP contribution in [0.3, 0.4) is 0 Å². The molecule has 0 bridgehead atoms. The molecule has 0 amide bonds. The van der Waals surface area contributed by atoms with Crippen LogP contribution in [-0.4, -0.2) is 27.1 Å². The minimum atomic E-state index is -1.61. The summed E-state index contributed by atoms with van der Waals surface area (Å²) in [6.07, 6.45) is 1.67. The van der Waals surface area contributed by atoms with Gasteiger partial charge in [0.05, 0.1) is 12.2 Å². The van der Waals surface area contributed by atoms with Gasteiger partial charge in [-0.1, -0.05) is 0 Å². The predicted molar refractivity (Wildman–Crippen MR) is 52.8 cm³/mol. The molecule has 0 aliphatic carbocycles. The maximum atomic E-state index is 8.92. The van der Waals surface area contributed by atoms with E-state index in [1.54, 1.807) is 0 Å². The highest BCUT2D eigenvalue weighted by Crippen LogP contribution is 2.20. The summed E-state index contributed by atoms with van der Waals surface area (Å²) in [5.74, 6) is 0. The van der Waals surface area contributed by atoms with Crippen molar-refractivity contribution in [1.29, 1.82) is 5.26 Å². The normalized spacial score (nSPS) is 25.5. The molecule has 0 saturated carbocycles. The Hall–Kier alpha value is -0.373. The zero-order valence-corrected chi connectivity index (χ0v) is 9.54. The summed E-state index contributed by atoms with van der Waals surface area (Å²) >= 11 is 0. The Balaban J connectivity index is 2.48. The van der Waals surface area contributed by atoms with Crippen LogP contribution in [0, 0.1) is 11.3 Å². The number of nitrogens with zero attached hydrogens (tertiary/aromatic N) is 1. The van der Waals surface area contributed by atoms with Gasteiger partial charge in [0.15, 0.2) is 14.4 Å². The number of rotatable bonds is 3. The summed E-state index contributed by atoms with van der Waals surface area (Å²) in [6, 6.07) is 2.19. The van der Waals surface area contributed by atoms with Crippen molar-refractivity contribution >= 4 is 8.32 Å². The standard InChI is InChI=1S/C9H17NO2Si/c1-13(2,3)12-9(7-10)8-5-4-6-11-8/h8-9H,4-6H2,1-3H3. The minimum absolute atomic E-state index is 0.0109. The van der Waals surface area contributed by atoms with Crippen molar-refractivity contribution in [3.05, 3.63) is 0 Å². The van der Waals surface area contributed by atoms with Gasteiger partial charge in [0, 0.05) is 6.61 Å². The van der Waals surface area contributed by atoms with Crippen LogP contribution in [0.5, 0.6) is 0 Å². The molecule has 2 unspecified atom stereocenters. The molecule has 0 radical (unpaired) electrons. The number of hydrogen-bond acceptors (Lipinski definition) is 3. The SMILES string of the molecule is C[Si](C)(C)OC(C#N)C1CCCO1. The second-order valence-electron chi connectivity index (χ2n) is 4.33. The van der Waals surface area contributed by atoms with E-state index in [1.165, 1.54) is 0 Å². The minimum Gasteiger partial charge on any atom is -0.400 e. The Morgan fingerprint density at radius 3 is 2.62 bits per heavy atom. The molecule has 4 heteroatoms. The second-order valence-corrected chi connectivity index (χ2v) is 8.79. The Morgan fingerprint density at radius 1 is 1.54 bits per heavy atom. The molecule has 0 aromatic carbocycles. The number of ether oxygens (including phenoxy) is 1. The fraction of sp³-hybridized carbons (Fsp3) is 0.889. The van der Waals surface area contributed by atoms with Crippen molar-refractivity contribution in [1.82, 2.24) is 0 Å². The van der Waals surface area contributed by atoms with Gasteiger partial charge in [0.2, 0.25) is 0 Å². The van der Waals surface area contributed by atoms with Crippen molar-refractivity contribution in [2.75, 3.05) is 6.61 Å². The molecular weight excluding hydrogens is 182 g/mol. The van der Waals surface area contributed by atoms with E-state index < -0.39 is 8.32 Å². The third-order valence-corrected chi connectivity index (χ3v) is 2.87. The lowest BCUT2D eigenvalue weighted by molar-refractivity contribution is 0.0346. The largest absolute Gasteiger partial charge is 0.400 e. The van der Waals surface area contributed by atoms with E-state index in [0.717, 1.165) is 19.4 Å². The van der Waals surface area contributed by atoms with Gasteiger partial charge >= 0.3 is 0 Å². The smallest absolute Gasteiger partial charge is 0.185 e. The first-order valence-electron chi connectivity index (χ1n) is 4.72. The summed E-state index contributed by atoms with van der Waals surface area (Å²) in [5, 5.41) is 8.92. The average molecular weight is 199 g/mol. The molecule has 1 saturated heterocycles. The average Bonchev–Trinajstić information content (AvgIpc) is 2.50. The van der Waals surface area contributed by atoms with Crippen molar-refractivity contribution < 1.29 is 9.16 Å². The lowest BCUT2D eigenvalue weighted by Crippen LogP contribution is -2.37. The van der Waals surface area contributed by atoms with Crippen LogP contribution in [0.15, 0.2) is 0 Å². The van der Waals surface area contributed by atoms with Gasteiger partial charge in [-0.15, -0.1) is 0 Å². The molecule has 0 aromatic rings. The van der Waals surface area contributed by atoms with Crippen molar-refractivity contribution in [2.24, 2.45) is 0 Å². The first-order valence-corrected chi connectivity index (χ1v) is 8.13. The van der Waals surface area contributed by atoms with Gasteiger partial charge in [-0.3, -0.25) is 0 Å². The van der Waals surface area contributed by atoms with Gasteiger partial charge in [0.1, 0.15) is 0 Å². The molecular formula is C9H17NO2Si. The van der Waals surface area contributed by atoms with Crippen molar-refractivity contribution in [2.45, 2.75) is 44.7 Å². The van der Waals surface area contributed by atoms with E-state index >= 15 is 0 Å². The summed E-state index contributed by atoms with van der Waals surface area (Å²) in [4.78, 5) is 0. The molecule has 0 aromatic heterocycles. The summed E-state index contributed by atoms with van der Waals surface area (Å²) < 4.78 is 11.2. The summed E-state index contributed by atoms with van der Waals surface area (Å²) in [5.41, 5.74) is 0. The highest BCUT2D eigenvalue weighted by atomic mass is 28.4. The van der Waals surface area contributed by atoms with Crippen molar-refractivity contribution in [3.63, 3.8) is 0 Å².